The zero-order chi connectivity index (χ0) is 29.9. The van der Waals surface area contributed by atoms with Crippen molar-refractivity contribution in [3.63, 3.8) is 0 Å². The number of allylic oxidation sites excluding steroid dienone is 1. The Labute approximate surface area is 263 Å². The first kappa shape index (κ1) is 37.1. The minimum Gasteiger partial charge on any atom is -1.00 e. The second kappa shape index (κ2) is 21.7. The fraction of sp³-hybridized carbons (Fsp3) is 0.645. The zero-order valence-electron chi connectivity index (χ0n) is 26.1. The van der Waals surface area contributed by atoms with Gasteiger partial charge in [0.1, 0.15) is 12.4 Å². The van der Waals surface area contributed by atoms with E-state index in [9.17, 15) is 14.4 Å². The summed E-state index contributed by atoms with van der Waals surface area (Å²) in [5.74, 6) is -0.501. The Morgan fingerprint density at radius 1 is 0.929 bits per heavy atom. The van der Waals surface area contributed by atoms with Crippen LogP contribution in [-0.2, 0) is 27.5 Å². The van der Waals surface area contributed by atoms with Crippen LogP contribution in [0.4, 0.5) is 0 Å². The molecule has 1 N–H and O–H groups in total. The molecule has 0 aromatic carbocycles. The third kappa shape index (κ3) is 13.8. The van der Waals surface area contributed by atoms with E-state index in [1.54, 1.807) is 9.80 Å². The minimum absolute atomic E-state index is 0. The maximum atomic E-state index is 13.2. The summed E-state index contributed by atoms with van der Waals surface area (Å²) < 4.78 is 4.17. The quantitative estimate of drug-likeness (QED) is 0.0700. The molecule has 10 nitrogen and oxygen atoms in total. The Kier molecular flexibility index (Phi) is 19.2. The highest BCUT2D eigenvalue weighted by Gasteiger charge is 2.31. The molecule has 11 heteroatoms. The molecule has 0 unspecified atom stereocenters. The van der Waals surface area contributed by atoms with Crippen molar-refractivity contribution in [2.24, 2.45) is 0 Å². The Morgan fingerprint density at radius 2 is 1.57 bits per heavy atom. The normalized spacial score (nSPS) is 13.5. The first-order valence-electron chi connectivity index (χ1n) is 15.4. The van der Waals surface area contributed by atoms with E-state index in [1.807, 2.05) is 53.7 Å². The van der Waals surface area contributed by atoms with Crippen molar-refractivity contribution < 1.29 is 40.9 Å². The van der Waals surface area contributed by atoms with Crippen molar-refractivity contribution in [3.8, 4) is 0 Å². The smallest absolute Gasteiger partial charge is 0.248 e. The van der Waals surface area contributed by atoms with Gasteiger partial charge in [-0.25, -0.2) is 14.0 Å². The highest BCUT2D eigenvalue weighted by Crippen LogP contribution is 2.12. The lowest BCUT2D eigenvalue weighted by atomic mass is 10.2. The van der Waals surface area contributed by atoms with E-state index in [-0.39, 0.29) is 67.6 Å². The Hall–Kier alpha value is -2.95. The summed E-state index contributed by atoms with van der Waals surface area (Å²) >= 11 is 0. The van der Waals surface area contributed by atoms with Crippen LogP contribution < -0.4 is 26.5 Å². The van der Waals surface area contributed by atoms with Crippen molar-refractivity contribution >= 4 is 24.1 Å². The van der Waals surface area contributed by atoms with E-state index in [4.69, 9.17) is 0 Å². The number of imidazole rings is 1. The van der Waals surface area contributed by atoms with Gasteiger partial charge in [0.25, 0.3) is 0 Å². The number of aromatic nitrogens is 2. The SMILES string of the molecule is C=CC(=O)N1CN(C(=O)CCN(C=[NH+]CCCCCC)/C=C\C)CN(C(=O)CCn2cc[n+](CCCCCC)c2)C1.[Br-]. The fourth-order valence-corrected chi connectivity index (χ4v) is 4.74. The predicted molar refractivity (Wildman–Crippen MR) is 161 cm³/mol. The number of carbonyl (C=O) groups is 3. The van der Waals surface area contributed by atoms with Crippen molar-refractivity contribution in [2.45, 2.75) is 98.1 Å². The van der Waals surface area contributed by atoms with E-state index in [2.05, 4.69) is 30.0 Å². The van der Waals surface area contributed by atoms with Crippen LogP contribution in [0.5, 0.6) is 0 Å². The lowest BCUT2D eigenvalue weighted by Gasteiger charge is -2.42. The van der Waals surface area contributed by atoms with Gasteiger partial charge >= 0.3 is 0 Å². The molecule has 0 atom stereocenters. The van der Waals surface area contributed by atoms with Crippen molar-refractivity contribution in [2.75, 3.05) is 33.1 Å². The molecule has 1 aromatic rings. The Balaban J connectivity index is 0.00000882. The van der Waals surface area contributed by atoms with Gasteiger partial charge in [0.2, 0.25) is 30.4 Å². The summed E-state index contributed by atoms with van der Waals surface area (Å²) in [6, 6.07) is 0. The van der Waals surface area contributed by atoms with Crippen molar-refractivity contribution in [1.82, 2.24) is 24.2 Å². The van der Waals surface area contributed by atoms with E-state index < -0.39 is 0 Å². The molecule has 3 amide bonds. The number of aryl methyl sites for hydroxylation is 2. The van der Waals surface area contributed by atoms with Gasteiger partial charge < -0.3 is 31.7 Å². The van der Waals surface area contributed by atoms with Crippen LogP contribution in [0.15, 0.2) is 43.7 Å². The second-order valence-electron chi connectivity index (χ2n) is 10.7. The standard InChI is InChI=1S/C31H52N7O3.BrH/c1-5-9-11-13-17-32-24-33(18-7-3)20-15-30(40)37-26-36(29(39)8-4)27-38(28-37)31(41)16-21-35-23-22-34(25-35)19-14-12-10-6-2;/h7-8,18,22-25H,4-6,9-17,19-21,26-28H2,1-3H3;1H/q+1;/b18-7-,32-24?;. The number of halogens is 1. The second-order valence-corrected chi connectivity index (χ2v) is 10.7. The number of nitrogens with one attached hydrogen (secondary N) is 1. The fourth-order valence-electron chi connectivity index (χ4n) is 4.74. The molecule has 2 heterocycles. The third-order valence-electron chi connectivity index (χ3n) is 7.17. The number of hydrogen-bond acceptors (Lipinski definition) is 3. The van der Waals surface area contributed by atoms with Crippen LogP contribution >= 0.6 is 0 Å². The highest BCUT2D eigenvalue weighted by atomic mass is 79.9. The average Bonchev–Trinajstić information content (AvgIpc) is 3.45. The highest BCUT2D eigenvalue weighted by molar-refractivity contribution is 5.88. The number of unbranched alkanes of at least 4 members (excludes halogenated alkanes) is 6. The number of nitrogens with zero attached hydrogens (tertiary/aromatic N) is 6. The summed E-state index contributed by atoms with van der Waals surface area (Å²) in [7, 11) is 0. The van der Waals surface area contributed by atoms with Gasteiger partial charge in [0.15, 0.2) is 0 Å². The number of amides is 3. The molecule has 1 aliphatic heterocycles. The van der Waals surface area contributed by atoms with Crippen LogP contribution in [0, 0.1) is 0 Å². The van der Waals surface area contributed by atoms with Crippen molar-refractivity contribution in [1.29, 1.82) is 0 Å². The Morgan fingerprint density at radius 3 is 2.21 bits per heavy atom. The van der Waals surface area contributed by atoms with E-state index in [0.717, 1.165) is 25.9 Å². The van der Waals surface area contributed by atoms with Crippen LogP contribution in [0.3, 0.4) is 0 Å². The maximum absolute atomic E-state index is 13.2. The molecule has 1 aromatic heterocycles. The first-order valence-corrected chi connectivity index (χ1v) is 15.4. The number of rotatable bonds is 19. The summed E-state index contributed by atoms with van der Waals surface area (Å²) in [6.45, 7) is 13.3. The largest absolute Gasteiger partial charge is 1.00 e. The minimum atomic E-state index is -0.300. The number of carbonyl (C=O) groups excluding carboxylic acids is 3. The summed E-state index contributed by atoms with van der Waals surface area (Å²) in [5.41, 5.74) is 0. The summed E-state index contributed by atoms with van der Waals surface area (Å²) in [6.07, 6.45) is 23.2. The van der Waals surface area contributed by atoms with Crippen LogP contribution in [0.25, 0.3) is 0 Å². The molecule has 0 radical (unpaired) electrons. The molecule has 0 aliphatic carbocycles. The monoisotopic (exact) mass is 650 g/mol. The predicted octanol–water partition coefficient (Wildman–Crippen LogP) is -0.777. The van der Waals surface area contributed by atoms with Crippen LogP contribution in [0.1, 0.15) is 85.0 Å². The Bertz CT molecular complexity index is 1010. The molecule has 1 fully saturated rings. The lowest BCUT2D eigenvalue weighted by molar-refractivity contribution is -0.696. The van der Waals surface area contributed by atoms with Gasteiger partial charge in [-0.15, -0.1) is 0 Å². The molecule has 0 spiro atoms. The van der Waals surface area contributed by atoms with Crippen LogP contribution in [-0.4, -0.2) is 81.3 Å². The number of hydrogen-bond donors (Lipinski definition) is 1. The maximum Gasteiger partial charge on any atom is 0.248 e. The van der Waals surface area contributed by atoms with E-state index >= 15 is 0 Å². The zero-order valence-corrected chi connectivity index (χ0v) is 27.6. The van der Waals surface area contributed by atoms with Gasteiger partial charge in [-0.3, -0.25) is 19.4 Å². The van der Waals surface area contributed by atoms with Gasteiger partial charge in [-0.2, -0.15) is 0 Å². The van der Waals surface area contributed by atoms with Gasteiger partial charge in [-0.1, -0.05) is 46.1 Å². The van der Waals surface area contributed by atoms with Gasteiger partial charge in [0.05, 0.1) is 65.2 Å². The van der Waals surface area contributed by atoms with Crippen LogP contribution in [0.2, 0.25) is 0 Å². The molecule has 1 saturated heterocycles. The molecule has 42 heavy (non-hydrogen) atoms. The van der Waals surface area contributed by atoms with E-state index in [1.165, 1.54) is 49.5 Å². The molecule has 0 saturated carbocycles. The van der Waals surface area contributed by atoms with Crippen molar-refractivity contribution in [3.05, 3.63) is 43.7 Å². The van der Waals surface area contributed by atoms with Gasteiger partial charge in [-0.05, 0) is 44.8 Å². The third-order valence-corrected chi connectivity index (χ3v) is 7.17. The van der Waals surface area contributed by atoms with Gasteiger partial charge in [0, 0.05) is 0 Å². The molecule has 2 rings (SSSR count). The first-order chi connectivity index (χ1) is 19.9. The molecular weight excluding hydrogens is 598 g/mol. The summed E-state index contributed by atoms with van der Waals surface area (Å²) in [4.78, 5) is 48.8. The summed E-state index contributed by atoms with van der Waals surface area (Å²) in [5, 5.41) is 0. The molecular formula is C31H53BrN7O3+. The molecule has 1 aliphatic rings. The average molecular weight is 652 g/mol. The van der Waals surface area contributed by atoms with E-state index in [0.29, 0.717) is 13.1 Å². The molecule has 236 valence electrons. The topological polar surface area (TPSA) is 87.0 Å². The lowest BCUT2D eigenvalue weighted by Crippen LogP contribution is -3.00. The molecule has 0 bridgehead atoms.